The Balaban J connectivity index is 2.90. The van der Waals surface area contributed by atoms with Crippen LogP contribution in [-0.2, 0) is 0 Å². The Kier molecular flexibility index (Phi) is 4.67. The van der Waals surface area contributed by atoms with E-state index in [2.05, 4.69) is 0 Å². The number of hydrogen-bond donors (Lipinski definition) is 0. The van der Waals surface area contributed by atoms with E-state index in [1.807, 2.05) is 0 Å². The van der Waals surface area contributed by atoms with Crippen molar-refractivity contribution in [1.82, 2.24) is 0 Å². The fraction of sp³-hybridized carbons (Fsp3) is 1.00. The van der Waals surface area contributed by atoms with Crippen LogP contribution in [0.2, 0.25) is 17.6 Å². The predicted octanol–water partition coefficient (Wildman–Crippen LogP) is 4.00. The smallest absolute Gasteiger partial charge is 0.171 e. The second-order valence-electron chi connectivity index (χ2n) is 3.88. The van der Waals surface area contributed by atoms with Crippen molar-refractivity contribution in [3.63, 3.8) is 0 Å². The van der Waals surface area contributed by atoms with E-state index >= 15 is 0 Å². The van der Waals surface area contributed by atoms with Gasteiger partial charge in [0, 0.05) is 5.38 Å². The monoisotopic (exact) mass is 298 g/mol. The van der Waals surface area contributed by atoms with Gasteiger partial charge in [-0.1, -0.05) is 13.0 Å². The summed E-state index contributed by atoms with van der Waals surface area (Å²) in [6.07, 6.45) is -4.23. The van der Waals surface area contributed by atoms with E-state index < -0.39 is 36.6 Å². The first-order valence-electron chi connectivity index (χ1n) is 4.78. The Morgan fingerprint density at radius 1 is 1.20 bits per heavy atom. The van der Waals surface area contributed by atoms with Gasteiger partial charge in [-0.15, -0.1) is 34.8 Å². The molecule has 0 bridgehead atoms. The summed E-state index contributed by atoms with van der Waals surface area (Å²) in [4.78, 5) is 0. The number of hydrogen-bond acceptors (Lipinski definition) is 0. The summed E-state index contributed by atoms with van der Waals surface area (Å²) in [7, 11) is -1.97. The van der Waals surface area contributed by atoms with Crippen LogP contribution in [0.25, 0.3) is 0 Å². The molecular weight excluding hydrogens is 288 g/mol. The van der Waals surface area contributed by atoms with Crippen LogP contribution < -0.4 is 0 Å². The summed E-state index contributed by atoms with van der Waals surface area (Å²) in [5, 5.41) is -2.26. The Bertz CT molecular complexity index is 222. The molecule has 1 rings (SSSR count). The average Bonchev–Trinajstić information content (AvgIpc) is 2.11. The van der Waals surface area contributed by atoms with E-state index in [0.29, 0.717) is 12.1 Å². The quantitative estimate of drug-likeness (QED) is 0.507. The van der Waals surface area contributed by atoms with Gasteiger partial charge in [-0.3, -0.25) is 0 Å². The maximum Gasteiger partial charge on any atom is 0.390 e. The van der Waals surface area contributed by atoms with Crippen LogP contribution in [0.4, 0.5) is 13.2 Å². The molecule has 1 saturated heterocycles. The van der Waals surface area contributed by atoms with Gasteiger partial charge in [0.15, 0.2) is 0 Å². The van der Waals surface area contributed by atoms with Crippen molar-refractivity contribution in [3.05, 3.63) is 0 Å². The molecule has 7 heteroatoms. The first-order chi connectivity index (χ1) is 6.79. The second-order valence-corrected chi connectivity index (χ2v) is 8.97. The van der Waals surface area contributed by atoms with Crippen LogP contribution in [0.5, 0.6) is 0 Å². The molecule has 5 unspecified atom stereocenters. The highest BCUT2D eigenvalue weighted by Crippen LogP contribution is 2.48. The van der Waals surface area contributed by atoms with E-state index in [4.69, 9.17) is 34.8 Å². The molecule has 0 saturated carbocycles. The summed E-state index contributed by atoms with van der Waals surface area (Å²) >= 11 is 17.5. The minimum Gasteiger partial charge on any atom is -0.171 e. The number of halogens is 6. The van der Waals surface area contributed by atoms with Gasteiger partial charge in [0.25, 0.3) is 0 Å². The average molecular weight is 300 g/mol. The summed E-state index contributed by atoms with van der Waals surface area (Å²) < 4.78 is 38.3. The molecule has 0 radical (unpaired) electrons. The summed E-state index contributed by atoms with van der Waals surface area (Å²) in [5.41, 5.74) is -1.40. The van der Waals surface area contributed by atoms with E-state index in [1.54, 1.807) is 6.92 Å². The third-order valence-corrected chi connectivity index (χ3v) is 9.27. The van der Waals surface area contributed by atoms with Gasteiger partial charge in [-0.05, 0) is 6.04 Å². The zero-order chi connectivity index (χ0) is 11.8. The van der Waals surface area contributed by atoms with Gasteiger partial charge >= 0.3 is 6.18 Å². The lowest BCUT2D eigenvalue weighted by Gasteiger charge is -2.40. The van der Waals surface area contributed by atoms with Gasteiger partial charge in [0.2, 0.25) is 0 Å². The molecule has 0 aromatic carbocycles. The minimum absolute atomic E-state index is 0.413. The van der Waals surface area contributed by atoms with Crippen LogP contribution >= 0.6 is 34.8 Å². The van der Waals surface area contributed by atoms with Gasteiger partial charge in [0.05, 0.1) is 25.1 Å². The molecule has 0 amide bonds. The van der Waals surface area contributed by atoms with Crippen LogP contribution in [0.1, 0.15) is 6.92 Å². The summed E-state index contributed by atoms with van der Waals surface area (Å²) in [5.74, 6) is 0. The van der Waals surface area contributed by atoms with Crippen LogP contribution in [0, 0.1) is 0 Å². The van der Waals surface area contributed by atoms with Crippen molar-refractivity contribution < 1.29 is 13.2 Å². The zero-order valence-electron chi connectivity index (χ0n) is 8.07. The van der Waals surface area contributed by atoms with Crippen LogP contribution in [-0.4, -0.2) is 31.1 Å². The number of alkyl halides is 6. The van der Waals surface area contributed by atoms with Crippen molar-refractivity contribution >= 4 is 43.6 Å². The topological polar surface area (TPSA) is 0 Å². The highest BCUT2D eigenvalue weighted by atomic mass is 35.5. The Morgan fingerprint density at radius 3 is 2.13 bits per heavy atom. The van der Waals surface area contributed by atoms with E-state index in [-0.39, 0.29) is 0 Å². The highest BCUT2D eigenvalue weighted by Gasteiger charge is 2.54. The van der Waals surface area contributed by atoms with Crippen LogP contribution in [0.15, 0.2) is 0 Å². The summed E-state index contributed by atoms with van der Waals surface area (Å²) in [6.45, 7) is 1.78. The molecule has 1 aliphatic rings. The molecule has 0 N–H and O–H groups in total. The van der Waals surface area contributed by atoms with Gasteiger partial charge in [0.1, 0.15) is 0 Å². The maximum atomic E-state index is 12.8. The minimum atomic E-state index is -4.23. The molecule has 0 aliphatic carbocycles. The van der Waals surface area contributed by atoms with Crippen molar-refractivity contribution in [1.29, 1.82) is 0 Å². The van der Waals surface area contributed by atoms with Crippen LogP contribution in [0.3, 0.4) is 0 Å². The Labute approximate surface area is 104 Å². The fourth-order valence-electron chi connectivity index (χ4n) is 2.09. The Hall–Kier alpha value is 0.877. The van der Waals surface area contributed by atoms with Gasteiger partial charge in [-0.2, -0.15) is 13.2 Å². The first kappa shape index (κ1) is 13.9. The third kappa shape index (κ3) is 2.96. The largest absolute Gasteiger partial charge is 0.390 e. The van der Waals surface area contributed by atoms with Crippen molar-refractivity contribution in [2.75, 3.05) is 0 Å². The lowest BCUT2D eigenvalue weighted by Crippen LogP contribution is -2.49. The lowest BCUT2D eigenvalue weighted by atomic mass is 10.1. The van der Waals surface area contributed by atoms with E-state index in [0.717, 1.165) is 0 Å². The zero-order valence-corrected chi connectivity index (χ0v) is 11.5. The molecule has 15 heavy (non-hydrogen) atoms. The molecule has 90 valence electrons. The maximum absolute atomic E-state index is 12.8. The lowest BCUT2D eigenvalue weighted by molar-refractivity contribution is -0.135. The highest BCUT2D eigenvalue weighted by molar-refractivity contribution is 6.64. The number of rotatable bonds is 1. The Morgan fingerprint density at radius 2 is 1.73 bits per heavy atom. The van der Waals surface area contributed by atoms with Gasteiger partial charge < -0.3 is 0 Å². The van der Waals surface area contributed by atoms with Crippen molar-refractivity contribution in [3.8, 4) is 0 Å². The van der Waals surface area contributed by atoms with E-state index in [9.17, 15) is 13.2 Å². The fourth-order valence-corrected chi connectivity index (χ4v) is 7.82. The van der Waals surface area contributed by atoms with Crippen molar-refractivity contribution in [2.45, 2.75) is 46.9 Å². The first-order valence-corrected chi connectivity index (χ1v) is 8.38. The molecule has 5 atom stereocenters. The van der Waals surface area contributed by atoms with Gasteiger partial charge in [-0.25, -0.2) is 0 Å². The third-order valence-electron chi connectivity index (χ3n) is 2.93. The molecule has 0 nitrogen and oxygen atoms in total. The normalized spacial score (nSPS) is 43.0. The molecule has 1 heterocycles. The standard InChI is InChI=1S/C8H12Cl3F3Si/c1-2-15-3-4(9)5(10)6(11)7(15)8(12,13)14/h4-7,15H,2-3H2,1H3. The molecule has 0 aromatic heterocycles. The SMILES string of the molecule is CC[SiH]1CC(Cl)C(Cl)C(Cl)C1C(F)(F)F. The van der Waals surface area contributed by atoms with E-state index in [1.165, 1.54) is 0 Å². The molecule has 1 aliphatic heterocycles. The van der Waals surface area contributed by atoms with Crippen molar-refractivity contribution in [2.24, 2.45) is 0 Å². The molecule has 0 aromatic rings. The molecule has 0 spiro atoms. The molecule has 1 fully saturated rings. The second kappa shape index (κ2) is 5.03. The predicted molar refractivity (Wildman–Crippen MR) is 61.2 cm³/mol. The molecular formula is C8H12Cl3F3Si. The summed E-state index contributed by atoms with van der Waals surface area (Å²) in [6, 6.07) is 0.972.